The van der Waals surface area contributed by atoms with E-state index >= 15 is 0 Å². The first kappa shape index (κ1) is 18.7. The summed E-state index contributed by atoms with van der Waals surface area (Å²) in [5.41, 5.74) is 3.61. The van der Waals surface area contributed by atoms with Crippen LogP contribution in [0.3, 0.4) is 0 Å². The van der Waals surface area contributed by atoms with E-state index in [0.29, 0.717) is 0 Å². The molecule has 2 aromatic carbocycles. The van der Waals surface area contributed by atoms with Crippen LogP contribution in [0.15, 0.2) is 42.5 Å². The van der Waals surface area contributed by atoms with Crippen molar-refractivity contribution in [1.82, 2.24) is 0 Å². The van der Waals surface area contributed by atoms with Gasteiger partial charge in [0.15, 0.2) is 0 Å². The highest BCUT2D eigenvalue weighted by Crippen LogP contribution is 2.34. The zero-order chi connectivity index (χ0) is 18.2. The normalized spacial score (nSPS) is 17.1. The third-order valence-corrected chi connectivity index (χ3v) is 5.83. The van der Waals surface area contributed by atoms with Gasteiger partial charge in [0.1, 0.15) is 0 Å². The minimum atomic E-state index is 0.736. The van der Waals surface area contributed by atoms with E-state index in [4.69, 9.17) is 5.26 Å². The van der Waals surface area contributed by atoms with E-state index in [2.05, 4.69) is 43.3 Å². The van der Waals surface area contributed by atoms with E-state index in [1.165, 1.54) is 80.7 Å². The molecule has 0 heterocycles. The summed E-state index contributed by atoms with van der Waals surface area (Å²) >= 11 is 0. The van der Waals surface area contributed by atoms with Crippen molar-refractivity contribution < 1.29 is 0 Å². The van der Waals surface area contributed by atoms with Gasteiger partial charge in [0.25, 0.3) is 0 Å². The Labute approximate surface area is 158 Å². The van der Waals surface area contributed by atoms with Crippen LogP contribution in [0, 0.1) is 17.2 Å². The molecular formula is C25H31N. The van der Waals surface area contributed by atoms with Gasteiger partial charge in [0, 0.05) is 0 Å². The van der Waals surface area contributed by atoms with Gasteiger partial charge in [-0.15, -0.1) is 0 Å². The first-order chi connectivity index (χ1) is 12.8. The number of benzene rings is 2. The van der Waals surface area contributed by atoms with Crippen LogP contribution < -0.4 is 0 Å². The molecule has 0 aromatic heterocycles. The number of allylic oxidation sites excluding steroid dienone is 2. The fraction of sp³-hybridized carbons (Fsp3) is 0.480. The van der Waals surface area contributed by atoms with Gasteiger partial charge in [0.2, 0.25) is 0 Å². The van der Waals surface area contributed by atoms with Gasteiger partial charge in [-0.25, -0.2) is 0 Å². The van der Waals surface area contributed by atoms with Crippen LogP contribution in [0.2, 0.25) is 0 Å². The highest BCUT2D eigenvalue weighted by atomic mass is 14.2. The molecule has 0 aliphatic heterocycles. The highest BCUT2D eigenvalue weighted by Gasteiger charge is 2.15. The molecule has 0 fully saturated rings. The van der Waals surface area contributed by atoms with Crippen molar-refractivity contribution in [2.24, 2.45) is 5.92 Å². The topological polar surface area (TPSA) is 23.8 Å². The Balaban J connectivity index is 1.54. The van der Waals surface area contributed by atoms with E-state index in [9.17, 15) is 0 Å². The summed E-state index contributed by atoms with van der Waals surface area (Å²) in [6.07, 6.45) is 16.1. The van der Waals surface area contributed by atoms with Gasteiger partial charge in [0.05, 0.1) is 11.6 Å². The first-order valence-electron chi connectivity index (χ1n) is 10.4. The summed E-state index contributed by atoms with van der Waals surface area (Å²) in [5, 5.41) is 11.4. The molecule has 2 aromatic rings. The molecule has 136 valence electrons. The fourth-order valence-electron chi connectivity index (χ4n) is 4.14. The summed E-state index contributed by atoms with van der Waals surface area (Å²) in [4.78, 5) is 0. The van der Waals surface area contributed by atoms with E-state index in [1.54, 1.807) is 0 Å². The van der Waals surface area contributed by atoms with E-state index < -0.39 is 0 Å². The number of hydrogen-bond donors (Lipinski definition) is 0. The van der Waals surface area contributed by atoms with Crippen LogP contribution in [0.1, 0.15) is 82.3 Å². The molecule has 0 radical (unpaired) electrons. The molecule has 1 aliphatic carbocycles. The Morgan fingerprint density at radius 2 is 1.73 bits per heavy atom. The molecular weight excluding hydrogens is 314 g/mol. The SMILES string of the molecule is CCCCCCCCC1CC=C(c2ccc3cc(C#N)ccc3c2)CC1. The summed E-state index contributed by atoms with van der Waals surface area (Å²) in [7, 11) is 0. The Hall–Kier alpha value is -2.07. The molecule has 0 saturated heterocycles. The Bertz CT molecular complexity index is 793. The second-order valence-electron chi connectivity index (χ2n) is 7.81. The highest BCUT2D eigenvalue weighted by molar-refractivity contribution is 5.87. The molecule has 1 heteroatoms. The third-order valence-electron chi connectivity index (χ3n) is 5.83. The van der Waals surface area contributed by atoms with Crippen molar-refractivity contribution in [1.29, 1.82) is 5.26 Å². The minimum Gasteiger partial charge on any atom is -0.192 e. The lowest BCUT2D eigenvalue weighted by atomic mass is 9.83. The molecule has 1 aliphatic rings. The van der Waals surface area contributed by atoms with Crippen LogP contribution >= 0.6 is 0 Å². The molecule has 26 heavy (non-hydrogen) atoms. The Kier molecular flexibility index (Phi) is 6.89. The van der Waals surface area contributed by atoms with Crippen molar-refractivity contribution in [3.8, 4) is 6.07 Å². The quantitative estimate of drug-likeness (QED) is 0.451. The molecule has 0 amide bonds. The predicted molar refractivity (Wildman–Crippen MR) is 112 cm³/mol. The minimum absolute atomic E-state index is 0.736. The average Bonchev–Trinajstić information content (AvgIpc) is 2.70. The largest absolute Gasteiger partial charge is 0.192 e. The first-order valence-corrected chi connectivity index (χ1v) is 10.4. The monoisotopic (exact) mass is 345 g/mol. The van der Waals surface area contributed by atoms with Crippen LogP contribution in [0.4, 0.5) is 0 Å². The molecule has 0 N–H and O–H groups in total. The second-order valence-corrected chi connectivity index (χ2v) is 7.81. The lowest BCUT2D eigenvalue weighted by molar-refractivity contribution is 0.423. The number of unbranched alkanes of at least 4 members (excludes halogenated alkanes) is 5. The van der Waals surface area contributed by atoms with Crippen molar-refractivity contribution in [3.63, 3.8) is 0 Å². The van der Waals surface area contributed by atoms with Gasteiger partial charge >= 0.3 is 0 Å². The van der Waals surface area contributed by atoms with Gasteiger partial charge in [-0.1, -0.05) is 76.1 Å². The van der Waals surface area contributed by atoms with Crippen molar-refractivity contribution in [2.75, 3.05) is 0 Å². The molecule has 1 atom stereocenters. The van der Waals surface area contributed by atoms with Crippen molar-refractivity contribution >= 4 is 16.3 Å². The van der Waals surface area contributed by atoms with Gasteiger partial charge in [-0.3, -0.25) is 0 Å². The molecule has 1 unspecified atom stereocenters. The predicted octanol–water partition coefficient (Wildman–Crippen LogP) is 7.65. The number of fused-ring (bicyclic) bond motifs is 1. The van der Waals surface area contributed by atoms with Crippen molar-refractivity contribution in [3.05, 3.63) is 53.6 Å². The van der Waals surface area contributed by atoms with E-state index in [1.807, 2.05) is 12.1 Å². The van der Waals surface area contributed by atoms with Crippen LogP contribution in [0.5, 0.6) is 0 Å². The summed E-state index contributed by atoms with van der Waals surface area (Å²) in [6.45, 7) is 2.28. The summed E-state index contributed by atoms with van der Waals surface area (Å²) in [5.74, 6) is 0.892. The lowest BCUT2D eigenvalue weighted by Crippen LogP contribution is -2.05. The van der Waals surface area contributed by atoms with Crippen LogP contribution in [-0.2, 0) is 0 Å². The number of nitriles is 1. The average molecular weight is 346 g/mol. The maximum atomic E-state index is 9.04. The maximum absolute atomic E-state index is 9.04. The summed E-state index contributed by atoms with van der Waals surface area (Å²) in [6, 6.07) is 14.9. The van der Waals surface area contributed by atoms with Crippen LogP contribution in [0.25, 0.3) is 16.3 Å². The molecule has 0 saturated carbocycles. The second kappa shape index (κ2) is 9.58. The fourth-order valence-corrected chi connectivity index (χ4v) is 4.14. The lowest BCUT2D eigenvalue weighted by Gasteiger charge is -2.22. The zero-order valence-electron chi connectivity index (χ0n) is 16.1. The Morgan fingerprint density at radius 3 is 2.50 bits per heavy atom. The van der Waals surface area contributed by atoms with Crippen LogP contribution in [-0.4, -0.2) is 0 Å². The molecule has 1 nitrogen and oxygen atoms in total. The van der Waals surface area contributed by atoms with Crippen molar-refractivity contribution in [2.45, 2.75) is 71.1 Å². The number of rotatable bonds is 8. The molecule has 3 rings (SSSR count). The molecule has 0 spiro atoms. The standard InChI is InChI=1S/C25H31N/c1-2-3-4-5-6-7-8-20-9-12-22(13-10-20)24-16-15-23-17-21(19-26)11-14-25(23)18-24/h11-12,14-18,20H,2-10,13H2,1H3. The van der Waals surface area contributed by atoms with Gasteiger partial charge in [-0.05, 0) is 65.3 Å². The number of nitrogens with zero attached hydrogens (tertiary/aromatic N) is 1. The van der Waals surface area contributed by atoms with Gasteiger partial charge < -0.3 is 0 Å². The zero-order valence-corrected chi connectivity index (χ0v) is 16.1. The summed E-state index contributed by atoms with van der Waals surface area (Å²) < 4.78 is 0. The van der Waals surface area contributed by atoms with Gasteiger partial charge in [-0.2, -0.15) is 5.26 Å². The van der Waals surface area contributed by atoms with E-state index in [-0.39, 0.29) is 0 Å². The smallest absolute Gasteiger partial charge is 0.0991 e. The third kappa shape index (κ3) is 4.98. The van der Waals surface area contributed by atoms with E-state index in [0.717, 1.165) is 16.9 Å². The number of hydrogen-bond acceptors (Lipinski definition) is 1. The molecule has 0 bridgehead atoms. The maximum Gasteiger partial charge on any atom is 0.0991 e. The Morgan fingerprint density at radius 1 is 0.962 bits per heavy atom.